The molecule has 0 saturated carbocycles. The Bertz CT molecular complexity index is 1310. The van der Waals surface area contributed by atoms with Crippen LogP contribution in [0.15, 0.2) is 42.5 Å². The van der Waals surface area contributed by atoms with Crippen LogP contribution < -0.4 is 15.4 Å². The Balaban J connectivity index is 1.86. The minimum atomic E-state index is -0.535. The van der Waals surface area contributed by atoms with Gasteiger partial charge in [-0.2, -0.15) is 0 Å². The van der Waals surface area contributed by atoms with E-state index in [-0.39, 0.29) is 49.6 Å². The van der Waals surface area contributed by atoms with E-state index in [1.807, 2.05) is 32.8 Å². The molecular formula is C35H52FN5O6. The van der Waals surface area contributed by atoms with Gasteiger partial charge in [0, 0.05) is 50.5 Å². The highest BCUT2D eigenvalue weighted by atomic mass is 19.1. The van der Waals surface area contributed by atoms with E-state index >= 15 is 0 Å². The molecule has 1 heterocycles. The molecule has 4 amide bonds. The number of nitrogens with zero attached hydrogens (tertiary/aromatic N) is 3. The smallest absolute Gasteiger partial charge is 0.321 e. The predicted octanol–water partition coefficient (Wildman–Crippen LogP) is 5.07. The van der Waals surface area contributed by atoms with E-state index in [1.165, 1.54) is 29.2 Å². The van der Waals surface area contributed by atoms with E-state index < -0.39 is 18.0 Å². The first-order chi connectivity index (χ1) is 22.4. The van der Waals surface area contributed by atoms with Crippen LogP contribution in [-0.2, 0) is 9.53 Å². The molecule has 1 aliphatic heterocycles. The number of carbonyl (C=O) groups is 3. The first-order valence-electron chi connectivity index (χ1n) is 16.4. The number of rotatable bonds is 10. The number of anilines is 2. The Morgan fingerprint density at radius 1 is 1.06 bits per heavy atom. The van der Waals surface area contributed by atoms with Crippen molar-refractivity contribution >= 4 is 29.2 Å². The Labute approximate surface area is 278 Å². The van der Waals surface area contributed by atoms with Gasteiger partial charge in [0.25, 0.3) is 5.91 Å². The van der Waals surface area contributed by atoms with Crippen LogP contribution in [0.2, 0.25) is 0 Å². The summed E-state index contributed by atoms with van der Waals surface area (Å²) >= 11 is 0. The Kier molecular flexibility index (Phi) is 14.9. The van der Waals surface area contributed by atoms with Gasteiger partial charge >= 0.3 is 6.03 Å². The van der Waals surface area contributed by atoms with Gasteiger partial charge in [0.1, 0.15) is 11.6 Å². The second-order valence-electron chi connectivity index (χ2n) is 12.8. The molecule has 2 aromatic carbocycles. The number of hydrogen-bond donors (Lipinski definition) is 3. The zero-order valence-corrected chi connectivity index (χ0v) is 28.6. The molecule has 11 nitrogen and oxygen atoms in total. The van der Waals surface area contributed by atoms with Crippen molar-refractivity contribution in [3.63, 3.8) is 0 Å². The summed E-state index contributed by atoms with van der Waals surface area (Å²) in [5, 5.41) is 15.9. The van der Waals surface area contributed by atoms with Crippen LogP contribution in [0.1, 0.15) is 63.2 Å². The van der Waals surface area contributed by atoms with E-state index in [0.717, 1.165) is 25.8 Å². The standard InChI is InChI=1S/C35H52FN5O6/c1-24-21-41(25(2)23-42)34(44)30-20-29(37-33(43)11-9-18-39(4)5)16-17-31(30)47-26(3)10-7-8-19-46-32(24)22-40(6)35(45)38-28-14-12-27(36)13-15-28/h12-17,20,24-26,32,42H,7-11,18-19,21-23H2,1-6H3,(H,37,43)(H,38,45)/t24-,25+,26-,32+/m1/s1. The minimum Gasteiger partial charge on any atom is -0.490 e. The third-order valence-electron chi connectivity index (χ3n) is 8.24. The molecule has 0 aliphatic carbocycles. The molecule has 0 saturated heterocycles. The van der Waals surface area contributed by atoms with Crippen molar-refractivity contribution in [2.24, 2.45) is 5.92 Å². The van der Waals surface area contributed by atoms with Gasteiger partial charge in [0.05, 0.1) is 30.4 Å². The fraction of sp³-hybridized carbons (Fsp3) is 0.571. The lowest BCUT2D eigenvalue weighted by atomic mass is 10.0. The Morgan fingerprint density at radius 2 is 1.77 bits per heavy atom. The highest BCUT2D eigenvalue weighted by Gasteiger charge is 2.31. The third kappa shape index (κ3) is 12.1. The molecular weight excluding hydrogens is 605 g/mol. The number of nitrogens with one attached hydrogen (secondary N) is 2. The quantitative estimate of drug-likeness (QED) is 0.326. The van der Waals surface area contributed by atoms with Gasteiger partial charge in [0.15, 0.2) is 0 Å². The van der Waals surface area contributed by atoms with Gasteiger partial charge in [-0.15, -0.1) is 0 Å². The van der Waals surface area contributed by atoms with E-state index in [2.05, 4.69) is 10.6 Å². The molecule has 3 N–H and O–H groups in total. The summed E-state index contributed by atoms with van der Waals surface area (Å²) in [6.07, 6.45) is 2.79. The summed E-state index contributed by atoms with van der Waals surface area (Å²) in [4.78, 5) is 45.1. The number of likely N-dealkylation sites (N-methyl/N-ethyl adjacent to an activating group) is 1. The number of aliphatic hydroxyl groups excluding tert-OH is 1. The minimum absolute atomic E-state index is 0.142. The first kappa shape index (κ1) is 37.7. The van der Waals surface area contributed by atoms with Crippen LogP contribution in [0.5, 0.6) is 5.75 Å². The molecule has 0 spiro atoms. The van der Waals surface area contributed by atoms with Crippen LogP contribution in [0, 0.1) is 11.7 Å². The summed E-state index contributed by atoms with van der Waals surface area (Å²) in [6, 6.07) is 9.73. The number of benzene rings is 2. The summed E-state index contributed by atoms with van der Waals surface area (Å²) in [5.74, 6) is -0.703. The topological polar surface area (TPSA) is 124 Å². The lowest BCUT2D eigenvalue weighted by Crippen LogP contribution is -2.48. The van der Waals surface area contributed by atoms with Crippen molar-refractivity contribution in [2.45, 2.75) is 71.1 Å². The largest absolute Gasteiger partial charge is 0.490 e. The number of hydrogen-bond acceptors (Lipinski definition) is 7. The monoisotopic (exact) mass is 657 g/mol. The number of fused-ring (bicyclic) bond motifs is 1. The number of ether oxygens (including phenoxy) is 2. The van der Waals surface area contributed by atoms with E-state index in [9.17, 15) is 23.9 Å². The predicted molar refractivity (Wildman–Crippen MR) is 181 cm³/mol. The lowest BCUT2D eigenvalue weighted by Gasteiger charge is -2.35. The molecule has 260 valence electrons. The number of aliphatic hydroxyl groups is 1. The summed E-state index contributed by atoms with van der Waals surface area (Å²) in [7, 11) is 5.57. The molecule has 0 unspecified atom stereocenters. The van der Waals surface area contributed by atoms with Crippen molar-refractivity contribution < 1.29 is 33.4 Å². The molecule has 0 fully saturated rings. The maximum atomic E-state index is 14.3. The van der Waals surface area contributed by atoms with Gasteiger partial charge in [-0.05, 0) is 103 Å². The summed E-state index contributed by atoms with van der Waals surface area (Å²) in [6.45, 7) is 7.13. The SMILES string of the molecule is C[C@@H]1CCCCO[C@@H](CN(C)C(=O)Nc2ccc(F)cc2)[C@H](C)CN([C@@H](C)CO)C(=O)c2cc(NC(=O)CCCN(C)C)ccc2O1. The van der Waals surface area contributed by atoms with Crippen LogP contribution in [-0.4, -0.2) is 110 Å². The molecule has 0 radical (unpaired) electrons. The van der Waals surface area contributed by atoms with Crippen LogP contribution in [0.3, 0.4) is 0 Å². The van der Waals surface area contributed by atoms with Gasteiger partial charge < -0.3 is 39.9 Å². The molecule has 47 heavy (non-hydrogen) atoms. The van der Waals surface area contributed by atoms with Crippen LogP contribution in [0.25, 0.3) is 0 Å². The lowest BCUT2D eigenvalue weighted by molar-refractivity contribution is -0.116. The van der Waals surface area contributed by atoms with Gasteiger partial charge in [-0.25, -0.2) is 9.18 Å². The summed E-state index contributed by atoms with van der Waals surface area (Å²) < 4.78 is 25.9. The van der Waals surface area contributed by atoms with Gasteiger partial charge in [-0.3, -0.25) is 9.59 Å². The van der Waals surface area contributed by atoms with E-state index in [0.29, 0.717) is 42.1 Å². The maximum absolute atomic E-state index is 14.3. The number of amides is 4. The third-order valence-corrected chi connectivity index (χ3v) is 8.24. The second kappa shape index (κ2) is 18.6. The van der Waals surface area contributed by atoms with E-state index in [1.54, 1.807) is 37.1 Å². The number of halogens is 1. The number of urea groups is 1. The van der Waals surface area contributed by atoms with Gasteiger partial charge in [0.2, 0.25) is 5.91 Å². The van der Waals surface area contributed by atoms with Gasteiger partial charge in [-0.1, -0.05) is 6.92 Å². The highest BCUT2D eigenvalue weighted by molar-refractivity contribution is 5.99. The number of carbonyl (C=O) groups excluding carboxylic acids is 3. The average Bonchev–Trinajstić information content (AvgIpc) is 3.03. The van der Waals surface area contributed by atoms with Crippen molar-refractivity contribution in [3.05, 3.63) is 53.8 Å². The van der Waals surface area contributed by atoms with Crippen LogP contribution in [0.4, 0.5) is 20.6 Å². The molecule has 12 heteroatoms. The fourth-order valence-corrected chi connectivity index (χ4v) is 5.35. The molecule has 4 atom stereocenters. The van der Waals surface area contributed by atoms with Crippen molar-refractivity contribution in [2.75, 3.05) is 64.6 Å². The fourth-order valence-electron chi connectivity index (χ4n) is 5.35. The van der Waals surface area contributed by atoms with Crippen LogP contribution >= 0.6 is 0 Å². The molecule has 1 aliphatic rings. The van der Waals surface area contributed by atoms with E-state index in [4.69, 9.17) is 9.47 Å². The zero-order valence-electron chi connectivity index (χ0n) is 28.6. The molecule has 0 aromatic heterocycles. The molecule has 3 rings (SSSR count). The zero-order chi connectivity index (χ0) is 34.5. The Hall–Kier alpha value is -3.74. The molecule has 2 aromatic rings. The highest BCUT2D eigenvalue weighted by Crippen LogP contribution is 2.28. The second-order valence-corrected chi connectivity index (χ2v) is 12.8. The summed E-state index contributed by atoms with van der Waals surface area (Å²) in [5.41, 5.74) is 1.25. The van der Waals surface area contributed by atoms with Crippen molar-refractivity contribution in [1.82, 2.24) is 14.7 Å². The van der Waals surface area contributed by atoms with Crippen molar-refractivity contribution in [1.29, 1.82) is 0 Å². The maximum Gasteiger partial charge on any atom is 0.321 e. The first-order valence-corrected chi connectivity index (χ1v) is 16.4. The van der Waals surface area contributed by atoms with Crippen molar-refractivity contribution in [3.8, 4) is 5.75 Å². The molecule has 0 bridgehead atoms. The average molecular weight is 658 g/mol. The Morgan fingerprint density at radius 3 is 2.45 bits per heavy atom. The normalized spacial score (nSPS) is 20.1.